The lowest BCUT2D eigenvalue weighted by Crippen LogP contribution is -2.19. The topological polar surface area (TPSA) is 44.7 Å². The molecule has 0 aromatic heterocycles. The van der Waals surface area contributed by atoms with Crippen LogP contribution in [0.25, 0.3) is 0 Å². The van der Waals surface area contributed by atoms with Gasteiger partial charge >= 0.3 is 0 Å². The van der Waals surface area contributed by atoms with Crippen LogP contribution in [0.5, 0.6) is 0 Å². The van der Waals surface area contributed by atoms with Crippen molar-refractivity contribution in [1.82, 2.24) is 5.43 Å². The van der Waals surface area contributed by atoms with Crippen LogP contribution < -0.4 is 10.3 Å². The predicted molar refractivity (Wildman–Crippen MR) is 94.0 cm³/mol. The largest absolute Gasteiger partial charge is 0.369 e. The van der Waals surface area contributed by atoms with Gasteiger partial charge in [0.2, 0.25) is 0 Å². The third kappa shape index (κ3) is 4.02. The predicted octanol–water partition coefficient (Wildman–Crippen LogP) is 3.64. The van der Waals surface area contributed by atoms with E-state index in [1.165, 1.54) is 36.5 Å². The molecule has 1 fully saturated rings. The molecule has 2 aromatic carbocycles. The highest BCUT2D eigenvalue weighted by Gasteiger charge is 2.17. The number of hydrogen-bond donors (Lipinski definition) is 1. The van der Waals surface area contributed by atoms with Crippen molar-refractivity contribution in [2.75, 3.05) is 18.0 Å². The summed E-state index contributed by atoms with van der Waals surface area (Å²) in [7, 11) is 0. The van der Waals surface area contributed by atoms with Gasteiger partial charge in [-0.2, -0.15) is 5.10 Å². The number of carbonyl (C=O) groups excluding carboxylic acids is 1. The van der Waals surface area contributed by atoms with Gasteiger partial charge in [-0.25, -0.2) is 14.2 Å². The Morgan fingerprint density at radius 3 is 2.52 bits per heavy atom. The van der Waals surface area contributed by atoms with Gasteiger partial charge in [-0.1, -0.05) is 0 Å². The summed E-state index contributed by atoms with van der Waals surface area (Å²) in [5.41, 5.74) is 4.74. The first-order valence-corrected chi connectivity index (χ1v) is 8.18. The third-order valence-corrected chi connectivity index (χ3v) is 4.26. The van der Waals surface area contributed by atoms with Crippen LogP contribution >= 0.6 is 0 Å². The number of halogens is 2. The van der Waals surface area contributed by atoms with Crippen LogP contribution in [0.4, 0.5) is 14.5 Å². The zero-order valence-electron chi connectivity index (χ0n) is 13.9. The van der Waals surface area contributed by atoms with Crippen LogP contribution in [-0.2, 0) is 0 Å². The van der Waals surface area contributed by atoms with E-state index in [4.69, 9.17) is 0 Å². The van der Waals surface area contributed by atoms with E-state index in [0.717, 1.165) is 31.5 Å². The maximum absolute atomic E-state index is 14.3. The molecule has 6 heteroatoms. The molecule has 0 bridgehead atoms. The summed E-state index contributed by atoms with van der Waals surface area (Å²) < 4.78 is 27.2. The normalized spacial score (nSPS) is 14.3. The molecule has 0 unspecified atom stereocenters. The fraction of sp³-hybridized carbons (Fsp3) is 0.263. The number of anilines is 1. The molecule has 0 spiro atoms. The first kappa shape index (κ1) is 17.1. The fourth-order valence-corrected chi connectivity index (χ4v) is 2.85. The van der Waals surface area contributed by atoms with Gasteiger partial charge in [-0.3, -0.25) is 4.79 Å². The number of hydrogen-bond acceptors (Lipinski definition) is 3. The van der Waals surface area contributed by atoms with Crippen molar-refractivity contribution >= 4 is 17.8 Å². The van der Waals surface area contributed by atoms with Gasteiger partial charge in [-0.15, -0.1) is 0 Å². The van der Waals surface area contributed by atoms with Crippen molar-refractivity contribution in [3.05, 3.63) is 64.7 Å². The Balaban J connectivity index is 1.69. The number of aryl methyl sites for hydroxylation is 1. The molecule has 3 rings (SSSR count). The Bertz CT molecular complexity index is 797. The third-order valence-electron chi connectivity index (χ3n) is 4.26. The number of hydrazone groups is 1. The fourth-order valence-electron chi connectivity index (χ4n) is 2.85. The number of rotatable bonds is 4. The standard InChI is InChI=1S/C19H19F2N3O/c1-13-10-18(24-8-2-3-9-24)17(21)11-15(13)12-22-23-19(25)14-4-6-16(20)7-5-14/h4-7,10-12H,2-3,8-9H2,1H3,(H,23,25)/b22-12-. The van der Waals surface area contributed by atoms with Crippen LogP contribution in [0, 0.1) is 18.6 Å². The van der Waals surface area contributed by atoms with Crippen molar-refractivity contribution < 1.29 is 13.6 Å². The lowest BCUT2D eigenvalue weighted by molar-refractivity contribution is 0.0955. The summed E-state index contributed by atoms with van der Waals surface area (Å²) in [6, 6.07) is 8.39. The molecule has 25 heavy (non-hydrogen) atoms. The average Bonchev–Trinajstić information content (AvgIpc) is 3.12. The van der Waals surface area contributed by atoms with E-state index in [2.05, 4.69) is 10.5 Å². The minimum absolute atomic E-state index is 0.293. The van der Waals surface area contributed by atoms with Gasteiger partial charge in [-0.05, 0) is 61.7 Å². The number of carbonyl (C=O) groups is 1. The maximum atomic E-state index is 14.3. The minimum atomic E-state index is -0.455. The number of amides is 1. The number of nitrogens with one attached hydrogen (secondary N) is 1. The molecule has 130 valence electrons. The monoisotopic (exact) mass is 343 g/mol. The Labute approximate surface area is 145 Å². The molecule has 1 aliphatic rings. The zero-order chi connectivity index (χ0) is 17.8. The minimum Gasteiger partial charge on any atom is -0.369 e. The van der Waals surface area contributed by atoms with Gasteiger partial charge in [0.25, 0.3) is 5.91 Å². The Morgan fingerprint density at radius 1 is 1.16 bits per heavy atom. The first-order chi connectivity index (χ1) is 12.0. The molecule has 0 aliphatic carbocycles. The second-order valence-electron chi connectivity index (χ2n) is 6.06. The van der Waals surface area contributed by atoms with Gasteiger partial charge in [0.1, 0.15) is 11.6 Å². The first-order valence-electron chi connectivity index (χ1n) is 8.18. The van der Waals surface area contributed by atoms with Gasteiger partial charge < -0.3 is 4.90 Å². The summed E-state index contributed by atoms with van der Waals surface area (Å²) in [6.07, 6.45) is 3.57. The number of nitrogens with zero attached hydrogens (tertiary/aromatic N) is 2. The van der Waals surface area contributed by atoms with E-state index in [0.29, 0.717) is 16.8 Å². The number of benzene rings is 2. The van der Waals surface area contributed by atoms with Crippen molar-refractivity contribution in [3.63, 3.8) is 0 Å². The molecule has 1 saturated heterocycles. The lowest BCUT2D eigenvalue weighted by Gasteiger charge is -2.19. The molecule has 0 saturated carbocycles. The maximum Gasteiger partial charge on any atom is 0.271 e. The van der Waals surface area contributed by atoms with Crippen molar-refractivity contribution in [2.45, 2.75) is 19.8 Å². The van der Waals surface area contributed by atoms with Gasteiger partial charge in [0, 0.05) is 24.2 Å². The SMILES string of the molecule is Cc1cc(N2CCCC2)c(F)cc1/C=N\NC(=O)c1ccc(F)cc1. The van der Waals surface area contributed by atoms with Crippen LogP contribution in [-0.4, -0.2) is 25.2 Å². The Morgan fingerprint density at radius 2 is 1.84 bits per heavy atom. The van der Waals surface area contributed by atoms with Crippen LogP contribution in [0.1, 0.15) is 34.3 Å². The molecule has 0 radical (unpaired) electrons. The summed E-state index contributed by atoms with van der Waals surface area (Å²) in [4.78, 5) is 13.9. The molecule has 1 amide bonds. The van der Waals surface area contributed by atoms with Gasteiger partial charge in [0.15, 0.2) is 0 Å². The molecule has 1 aliphatic heterocycles. The van der Waals surface area contributed by atoms with E-state index < -0.39 is 11.7 Å². The van der Waals surface area contributed by atoms with E-state index in [1.807, 2.05) is 17.9 Å². The molecular formula is C19H19F2N3O. The summed E-state index contributed by atoms with van der Waals surface area (Å²) >= 11 is 0. The lowest BCUT2D eigenvalue weighted by atomic mass is 10.1. The van der Waals surface area contributed by atoms with E-state index in [1.54, 1.807) is 0 Å². The second kappa shape index (κ2) is 7.42. The van der Waals surface area contributed by atoms with Crippen LogP contribution in [0.15, 0.2) is 41.5 Å². The van der Waals surface area contributed by atoms with E-state index in [9.17, 15) is 13.6 Å². The summed E-state index contributed by atoms with van der Waals surface area (Å²) in [5, 5.41) is 3.87. The van der Waals surface area contributed by atoms with Crippen molar-refractivity contribution in [3.8, 4) is 0 Å². The highest BCUT2D eigenvalue weighted by molar-refractivity contribution is 5.95. The Kier molecular flexibility index (Phi) is 5.07. The van der Waals surface area contributed by atoms with E-state index >= 15 is 0 Å². The summed E-state index contributed by atoms with van der Waals surface area (Å²) in [6.45, 7) is 3.62. The van der Waals surface area contributed by atoms with Crippen molar-refractivity contribution in [2.24, 2.45) is 5.10 Å². The van der Waals surface area contributed by atoms with Crippen molar-refractivity contribution in [1.29, 1.82) is 0 Å². The molecule has 0 atom stereocenters. The molecule has 1 heterocycles. The second-order valence-corrected chi connectivity index (χ2v) is 6.06. The highest BCUT2D eigenvalue weighted by atomic mass is 19.1. The molecule has 1 N–H and O–H groups in total. The van der Waals surface area contributed by atoms with Crippen LogP contribution in [0.2, 0.25) is 0 Å². The zero-order valence-corrected chi connectivity index (χ0v) is 13.9. The highest BCUT2D eigenvalue weighted by Crippen LogP contribution is 2.26. The van der Waals surface area contributed by atoms with Gasteiger partial charge in [0.05, 0.1) is 11.9 Å². The quantitative estimate of drug-likeness (QED) is 0.680. The summed E-state index contributed by atoms with van der Waals surface area (Å²) in [5.74, 6) is -1.16. The smallest absolute Gasteiger partial charge is 0.271 e. The Hall–Kier alpha value is -2.76. The molecule has 4 nitrogen and oxygen atoms in total. The molecule has 2 aromatic rings. The molecular weight excluding hydrogens is 324 g/mol. The van der Waals surface area contributed by atoms with E-state index in [-0.39, 0.29) is 5.82 Å². The van der Waals surface area contributed by atoms with Crippen LogP contribution in [0.3, 0.4) is 0 Å². The average molecular weight is 343 g/mol.